The second kappa shape index (κ2) is 6.37. The van der Waals surface area contributed by atoms with Crippen molar-refractivity contribution >= 4 is 44.0 Å². The molecule has 3 rings (SSSR count). The molecule has 0 amide bonds. The van der Waals surface area contributed by atoms with Crippen LogP contribution in [0.15, 0.2) is 46.6 Å². The number of fused-ring (bicyclic) bond motifs is 1. The quantitative estimate of drug-likeness (QED) is 0.693. The second-order valence-corrected chi connectivity index (χ2v) is 6.58. The topological polar surface area (TPSA) is 78.2 Å². The minimum Gasteiger partial charge on any atom is -0.478 e. The molecule has 0 saturated carbocycles. The Morgan fingerprint density at radius 1 is 1.17 bits per heavy atom. The maximum Gasteiger partial charge on any atom is 0.338 e. The zero-order valence-electron chi connectivity index (χ0n) is 13.5. The number of aryl methyl sites for hydroxylation is 1. The van der Waals surface area contributed by atoms with Gasteiger partial charge in [0.15, 0.2) is 0 Å². The minimum absolute atomic E-state index is 0.113. The number of carboxylic acid groups (broad SMARTS) is 1. The van der Waals surface area contributed by atoms with Gasteiger partial charge in [0.25, 0.3) is 0 Å². The Hall–Kier alpha value is -2.80. The molecule has 0 spiro atoms. The Labute approximate surface area is 143 Å². The van der Waals surface area contributed by atoms with Gasteiger partial charge in [-0.3, -0.25) is 0 Å². The van der Waals surface area contributed by atoms with Crippen LogP contribution in [-0.4, -0.2) is 30.2 Å². The van der Waals surface area contributed by atoms with E-state index in [2.05, 4.69) is 15.2 Å². The van der Waals surface area contributed by atoms with Crippen LogP contribution >= 0.6 is 11.3 Å². The Morgan fingerprint density at radius 2 is 1.96 bits per heavy atom. The summed E-state index contributed by atoms with van der Waals surface area (Å²) in [5, 5.41) is 18.1. The number of hydrogen-bond acceptors (Lipinski definition) is 6. The first-order valence-corrected chi connectivity index (χ1v) is 8.09. The van der Waals surface area contributed by atoms with Crippen LogP contribution in [-0.2, 0) is 0 Å². The summed E-state index contributed by atoms with van der Waals surface area (Å²) in [4.78, 5) is 17.7. The molecular weight excluding hydrogens is 324 g/mol. The van der Waals surface area contributed by atoms with Crippen LogP contribution in [0.25, 0.3) is 10.2 Å². The van der Waals surface area contributed by atoms with E-state index < -0.39 is 5.97 Å². The molecule has 0 aliphatic carbocycles. The Morgan fingerprint density at radius 3 is 2.67 bits per heavy atom. The monoisotopic (exact) mass is 340 g/mol. The summed E-state index contributed by atoms with van der Waals surface area (Å²) in [6, 6.07) is 11.0. The van der Waals surface area contributed by atoms with E-state index in [0.29, 0.717) is 10.8 Å². The standard InChI is InChI=1S/C17H16N4O2S/c1-10-4-7-15-14(8-10)18-17(24-15)20-19-13-6-5-11(21(2)3)9-12(13)16(22)23/h4-9H,1-3H3,(H,22,23). The van der Waals surface area contributed by atoms with Gasteiger partial charge >= 0.3 is 5.97 Å². The number of azo groups is 1. The van der Waals surface area contributed by atoms with Gasteiger partial charge < -0.3 is 10.0 Å². The molecule has 24 heavy (non-hydrogen) atoms. The van der Waals surface area contributed by atoms with E-state index in [9.17, 15) is 9.90 Å². The first-order chi connectivity index (χ1) is 11.4. The number of thiazole rings is 1. The van der Waals surface area contributed by atoms with Crippen LogP contribution < -0.4 is 4.90 Å². The van der Waals surface area contributed by atoms with E-state index in [1.807, 2.05) is 50.2 Å². The normalized spacial score (nSPS) is 11.3. The average Bonchev–Trinajstić information content (AvgIpc) is 2.94. The van der Waals surface area contributed by atoms with E-state index in [1.165, 1.54) is 11.3 Å². The fourth-order valence-electron chi connectivity index (χ4n) is 2.23. The maximum absolute atomic E-state index is 11.5. The summed E-state index contributed by atoms with van der Waals surface area (Å²) in [6.07, 6.45) is 0. The van der Waals surface area contributed by atoms with Gasteiger partial charge in [-0.15, -0.1) is 10.2 Å². The number of anilines is 1. The third-order valence-electron chi connectivity index (χ3n) is 3.50. The molecule has 0 bridgehead atoms. The van der Waals surface area contributed by atoms with Crippen LogP contribution in [0.4, 0.5) is 16.5 Å². The van der Waals surface area contributed by atoms with E-state index >= 15 is 0 Å². The summed E-state index contributed by atoms with van der Waals surface area (Å²) in [5.74, 6) is -1.03. The smallest absolute Gasteiger partial charge is 0.338 e. The molecular formula is C17H16N4O2S. The lowest BCUT2D eigenvalue weighted by molar-refractivity contribution is 0.0698. The Balaban J connectivity index is 1.96. The lowest BCUT2D eigenvalue weighted by atomic mass is 10.1. The summed E-state index contributed by atoms with van der Waals surface area (Å²) in [6.45, 7) is 2.01. The van der Waals surface area contributed by atoms with Gasteiger partial charge in [-0.2, -0.15) is 0 Å². The van der Waals surface area contributed by atoms with Crippen molar-refractivity contribution in [3.8, 4) is 0 Å². The molecule has 1 heterocycles. The summed E-state index contributed by atoms with van der Waals surface area (Å²) in [7, 11) is 3.70. The van der Waals surface area contributed by atoms with E-state index in [4.69, 9.17) is 0 Å². The highest BCUT2D eigenvalue weighted by Crippen LogP contribution is 2.31. The van der Waals surface area contributed by atoms with Crippen molar-refractivity contribution in [2.24, 2.45) is 10.2 Å². The number of rotatable bonds is 4. The second-order valence-electron chi connectivity index (χ2n) is 5.57. The van der Waals surface area contributed by atoms with Gasteiger partial charge in [0.2, 0.25) is 5.13 Å². The summed E-state index contributed by atoms with van der Waals surface area (Å²) in [5.41, 5.74) is 3.21. The first kappa shape index (κ1) is 16.1. The maximum atomic E-state index is 11.5. The molecule has 7 heteroatoms. The highest BCUT2D eigenvalue weighted by atomic mass is 32.1. The number of carbonyl (C=O) groups is 1. The molecule has 0 unspecified atom stereocenters. The summed E-state index contributed by atoms with van der Waals surface area (Å²) < 4.78 is 1.02. The molecule has 2 aromatic carbocycles. The number of aromatic carboxylic acids is 1. The van der Waals surface area contributed by atoms with Gasteiger partial charge in [-0.05, 0) is 42.8 Å². The lowest BCUT2D eigenvalue weighted by Gasteiger charge is -2.13. The molecule has 1 N–H and O–H groups in total. The van der Waals surface area contributed by atoms with E-state index in [0.717, 1.165) is 21.5 Å². The van der Waals surface area contributed by atoms with E-state index in [-0.39, 0.29) is 5.56 Å². The number of aromatic nitrogens is 1. The van der Waals surface area contributed by atoms with Crippen molar-refractivity contribution in [2.75, 3.05) is 19.0 Å². The summed E-state index contributed by atoms with van der Waals surface area (Å²) >= 11 is 1.42. The lowest BCUT2D eigenvalue weighted by Crippen LogP contribution is -2.09. The SMILES string of the molecule is Cc1ccc2sc(N=Nc3ccc(N(C)C)cc3C(=O)O)nc2c1. The average molecular weight is 340 g/mol. The van der Waals surface area contributed by atoms with Gasteiger partial charge in [0.1, 0.15) is 5.69 Å². The van der Waals surface area contributed by atoms with Gasteiger partial charge in [0, 0.05) is 19.8 Å². The zero-order chi connectivity index (χ0) is 17.3. The van der Waals surface area contributed by atoms with Crippen LogP contribution in [0.3, 0.4) is 0 Å². The predicted octanol–water partition coefficient (Wildman–Crippen LogP) is 4.78. The van der Waals surface area contributed by atoms with Crippen molar-refractivity contribution in [1.82, 2.24) is 4.98 Å². The number of nitrogens with zero attached hydrogens (tertiary/aromatic N) is 4. The molecule has 0 fully saturated rings. The molecule has 0 aliphatic rings. The molecule has 6 nitrogen and oxygen atoms in total. The molecule has 0 radical (unpaired) electrons. The van der Waals surface area contributed by atoms with E-state index in [1.54, 1.807) is 12.1 Å². The van der Waals surface area contributed by atoms with Crippen LogP contribution in [0.5, 0.6) is 0 Å². The van der Waals surface area contributed by atoms with Crippen molar-refractivity contribution in [3.63, 3.8) is 0 Å². The van der Waals surface area contributed by atoms with Crippen LogP contribution in [0.1, 0.15) is 15.9 Å². The van der Waals surface area contributed by atoms with Crippen molar-refractivity contribution < 1.29 is 9.90 Å². The highest BCUT2D eigenvalue weighted by Gasteiger charge is 2.12. The van der Waals surface area contributed by atoms with Gasteiger partial charge in [-0.1, -0.05) is 17.4 Å². The zero-order valence-corrected chi connectivity index (χ0v) is 14.3. The molecule has 3 aromatic rings. The number of benzene rings is 2. The van der Waals surface area contributed by atoms with Gasteiger partial charge in [-0.25, -0.2) is 9.78 Å². The Kier molecular flexibility index (Phi) is 4.26. The number of carboxylic acids is 1. The predicted molar refractivity (Wildman–Crippen MR) is 96.3 cm³/mol. The molecule has 0 aliphatic heterocycles. The Bertz CT molecular complexity index is 947. The molecule has 122 valence electrons. The minimum atomic E-state index is -1.03. The van der Waals surface area contributed by atoms with Crippen molar-refractivity contribution in [3.05, 3.63) is 47.5 Å². The van der Waals surface area contributed by atoms with Crippen molar-refractivity contribution in [2.45, 2.75) is 6.92 Å². The van der Waals surface area contributed by atoms with Crippen LogP contribution in [0, 0.1) is 6.92 Å². The third kappa shape index (κ3) is 3.26. The highest BCUT2D eigenvalue weighted by molar-refractivity contribution is 7.21. The number of hydrogen-bond donors (Lipinski definition) is 1. The van der Waals surface area contributed by atoms with Crippen molar-refractivity contribution in [1.29, 1.82) is 0 Å². The molecule has 0 saturated heterocycles. The first-order valence-electron chi connectivity index (χ1n) is 7.27. The fraction of sp³-hybridized carbons (Fsp3) is 0.176. The third-order valence-corrected chi connectivity index (χ3v) is 4.42. The van der Waals surface area contributed by atoms with Gasteiger partial charge in [0.05, 0.1) is 15.8 Å². The van der Waals surface area contributed by atoms with Crippen LogP contribution in [0.2, 0.25) is 0 Å². The molecule has 0 atom stereocenters. The fourth-order valence-corrected chi connectivity index (χ4v) is 2.99. The molecule has 1 aromatic heterocycles. The largest absolute Gasteiger partial charge is 0.478 e.